The Labute approximate surface area is 136 Å². The van der Waals surface area contributed by atoms with Crippen LogP contribution < -0.4 is 4.74 Å². The minimum atomic E-state index is -0.339. The van der Waals surface area contributed by atoms with Crippen molar-refractivity contribution in [1.29, 1.82) is 0 Å². The zero-order valence-electron chi connectivity index (χ0n) is 13.1. The van der Waals surface area contributed by atoms with Gasteiger partial charge in [0.2, 0.25) is 0 Å². The number of ether oxygens (including phenoxy) is 2. The van der Waals surface area contributed by atoms with Crippen LogP contribution in [0.1, 0.15) is 29.9 Å². The van der Waals surface area contributed by atoms with Gasteiger partial charge in [-0.15, -0.1) is 0 Å². The topological polar surface area (TPSA) is 52.6 Å². The molecule has 0 radical (unpaired) electrons. The van der Waals surface area contributed by atoms with Crippen molar-refractivity contribution in [1.82, 2.24) is 0 Å². The van der Waals surface area contributed by atoms with Gasteiger partial charge in [0.15, 0.2) is 0 Å². The van der Waals surface area contributed by atoms with E-state index in [1.54, 1.807) is 0 Å². The first-order chi connectivity index (χ1) is 11.2. The number of aldehydes is 1. The monoisotopic (exact) mass is 312 g/mol. The van der Waals surface area contributed by atoms with Crippen molar-refractivity contribution in [3.63, 3.8) is 0 Å². The number of rotatable bonds is 8. The Bertz CT molecular complexity index is 637. The standard InChI is InChI=1S/C19H20O4/c1-22-19(21)11-10-17(13-20)16-8-5-9-18(12-16)23-14-15-6-3-2-4-7-15/h2-9,12-13,17H,10-11,14H2,1H3. The number of hydrogen-bond donors (Lipinski definition) is 0. The molecule has 0 aliphatic carbocycles. The highest BCUT2D eigenvalue weighted by Crippen LogP contribution is 2.24. The van der Waals surface area contributed by atoms with Crippen LogP contribution in [0, 0.1) is 0 Å². The third kappa shape index (κ3) is 5.25. The molecule has 23 heavy (non-hydrogen) atoms. The molecule has 120 valence electrons. The smallest absolute Gasteiger partial charge is 0.305 e. The van der Waals surface area contributed by atoms with Gasteiger partial charge in [-0.25, -0.2) is 0 Å². The number of benzene rings is 2. The second kappa shape index (κ2) is 8.73. The molecule has 0 aromatic heterocycles. The van der Waals surface area contributed by atoms with Crippen LogP contribution in [0.4, 0.5) is 0 Å². The van der Waals surface area contributed by atoms with Crippen molar-refractivity contribution in [3.8, 4) is 5.75 Å². The van der Waals surface area contributed by atoms with Crippen LogP contribution in [-0.4, -0.2) is 19.4 Å². The molecule has 0 saturated heterocycles. The summed E-state index contributed by atoms with van der Waals surface area (Å²) >= 11 is 0. The summed E-state index contributed by atoms with van der Waals surface area (Å²) in [6.07, 6.45) is 1.51. The maximum atomic E-state index is 11.3. The van der Waals surface area contributed by atoms with E-state index in [0.29, 0.717) is 18.8 Å². The Kier molecular flexibility index (Phi) is 6.36. The van der Waals surface area contributed by atoms with Gasteiger partial charge in [0, 0.05) is 12.3 Å². The predicted octanol–water partition coefficient (Wildman–Crippen LogP) is 3.50. The van der Waals surface area contributed by atoms with Crippen molar-refractivity contribution < 1.29 is 19.1 Å². The fourth-order valence-electron chi connectivity index (χ4n) is 2.26. The fraction of sp³-hybridized carbons (Fsp3) is 0.263. The van der Waals surface area contributed by atoms with E-state index in [4.69, 9.17) is 4.74 Å². The third-order valence-corrected chi connectivity index (χ3v) is 3.59. The molecule has 2 aromatic carbocycles. The quantitative estimate of drug-likeness (QED) is 0.553. The first kappa shape index (κ1) is 16.7. The molecule has 2 rings (SSSR count). The Morgan fingerprint density at radius 1 is 1.13 bits per heavy atom. The zero-order valence-corrected chi connectivity index (χ0v) is 13.1. The van der Waals surface area contributed by atoms with Gasteiger partial charge in [-0.3, -0.25) is 4.79 Å². The number of carbonyl (C=O) groups excluding carboxylic acids is 2. The van der Waals surface area contributed by atoms with Crippen molar-refractivity contribution >= 4 is 12.3 Å². The summed E-state index contributed by atoms with van der Waals surface area (Å²) in [5.74, 6) is 0.0546. The summed E-state index contributed by atoms with van der Waals surface area (Å²) in [5.41, 5.74) is 1.92. The van der Waals surface area contributed by atoms with Crippen LogP contribution >= 0.6 is 0 Å². The molecule has 0 amide bonds. The van der Waals surface area contributed by atoms with Crippen LogP contribution in [0.25, 0.3) is 0 Å². The Balaban J connectivity index is 1.99. The van der Waals surface area contributed by atoms with Crippen molar-refractivity contribution in [2.45, 2.75) is 25.4 Å². The summed E-state index contributed by atoms with van der Waals surface area (Å²) < 4.78 is 10.4. The normalized spacial score (nSPS) is 11.5. The van der Waals surface area contributed by atoms with Gasteiger partial charge in [-0.05, 0) is 29.7 Å². The molecule has 4 nitrogen and oxygen atoms in total. The van der Waals surface area contributed by atoms with Gasteiger partial charge >= 0.3 is 5.97 Å². The van der Waals surface area contributed by atoms with E-state index >= 15 is 0 Å². The molecule has 0 bridgehead atoms. The zero-order chi connectivity index (χ0) is 16.5. The molecular weight excluding hydrogens is 292 g/mol. The summed E-state index contributed by atoms with van der Waals surface area (Å²) in [6, 6.07) is 17.3. The molecule has 1 unspecified atom stereocenters. The van der Waals surface area contributed by atoms with E-state index < -0.39 is 0 Å². The van der Waals surface area contributed by atoms with Crippen LogP contribution in [-0.2, 0) is 20.9 Å². The van der Waals surface area contributed by atoms with E-state index in [0.717, 1.165) is 17.4 Å². The van der Waals surface area contributed by atoms with E-state index in [9.17, 15) is 9.59 Å². The van der Waals surface area contributed by atoms with Crippen LogP contribution in [0.5, 0.6) is 5.75 Å². The van der Waals surface area contributed by atoms with E-state index in [1.807, 2.05) is 54.6 Å². The van der Waals surface area contributed by atoms with Gasteiger partial charge < -0.3 is 14.3 Å². The van der Waals surface area contributed by atoms with Gasteiger partial charge in [0.25, 0.3) is 0 Å². The number of esters is 1. The van der Waals surface area contributed by atoms with Crippen LogP contribution in [0.15, 0.2) is 54.6 Å². The van der Waals surface area contributed by atoms with Crippen molar-refractivity contribution in [3.05, 3.63) is 65.7 Å². The molecule has 0 fully saturated rings. The number of hydrogen-bond acceptors (Lipinski definition) is 4. The predicted molar refractivity (Wildman–Crippen MR) is 87.3 cm³/mol. The highest BCUT2D eigenvalue weighted by Gasteiger charge is 2.13. The molecule has 0 spiro atoms. The van der Waals surface area contributed by atoms with Gasteiger partial charge in [-0.1, -0.05) is 42.5 Å². The average Bonchev–Trinajstić information content (AvgIpc) is 2.61. The van der Waals surface area contributed by atoms with Crippen LogP contribution in [0.2, 0.25) is 0 Å². The van der Waals surface area contributed by atoms with Crippen molar-refractivity contribution in [2.75, 3.05) is 7.11 Å². The lowest BCUT2D eigenvalue weighted by atomic mass is 9.95. The molecule has 0 heterocycles. The van der Waals surface area contributed by atoms with E-state index in [-0.39, 0.29) is 18.3 Å². The maximum absolute atomic E-state index is 11.3. The lowest BCUT2D eigenvalue weighted by molar-refractivity contribution is -0.140. The van der Waals surface area contributed by atoms with Gasteiger partial charge in [0.1, 0.15) is 18.6 Å². The van der Waals surface area contributed by atoms with E-state index in [1.165, 1.54) is 7.11 Å². The fourth-order valence-corrected chi connectivity index (χ4v) is 2.26. The Morgan fingerprint density at radius 2 is 1.91 bits per heavy atom. The van der Waals surface area contributed by atoms with Crippen LogP contribution in [0.3, 0.4) is 0 Å². The average molecular weight is 312 g/mol. The molecule has 0 N–H and O–H groups in total. The number of carbonyl (C=O) groups is 2. The number of methoxy groups -OCH3 is 1. The molecule has 2 aromatic rings. The highest BCUT2D eigenvalue weighted by atomic mass is 16.5. The molecular formula is C19H20O4. The third-order valence-electron chi connectivity index (χ3n) is 3.59. The maximum Gasteiger partial charge on any atom is 0.305 e. The van der Waals surface area contributed by atoms with E-state index in [2.05, 4.69) is 4.74 Å². The molecule has 0 aliphatic heterocycles. The molecule has 0 saturated carbocycles. The lowest BCUT2D eigenvalue weighted by Gasteiger charge is -2.12. The first-order valence-electron chi connectivity index (χ1n) is 7.51. The Morgan fingerprint density at radius 3 is 2.61 bits per heavy atom. The largest absolute Gasteiger partial charge is 0.489 e. The second-order valence-electron chi connectivity index (χ2n) is 5.20. The Hall–Kier alpha value is -2.62. The molecule has 0 aliphatic rings. The summed E-state index contributed by atoms with van der Waals surface area (Å²) in [7, 11) is 1.34. The minimum Gasteiger partial charge on any atom is -0.489 e. The second-order valence-corrected chi connectivity index (χ2v) is 5.20. The van der Waals surface area contributed by atoms with Gasteiger partial charge in [-0.2, -0.15) is 0 Å². The molecule has 1 atom stereocenters. The summed E-state index contributed by atoms with van der Waals surface area (Å²) in [4.78, 5) is 22.5. The van der Waals surface area contributed by atoms with Crippen molar-refractivity contribution in [2.24, 2.45) is 0 Å². The summed E-state index contributed by atoms with van der Waals surface area (Å²) in [5, 5.41) is 0. The summed E-state index contributed by atoms with van der Waals surface area (Å²) in [6.45, 7) is 0.470. The van der Waals surface area contributed by atoms with Gasteiger partial charge in [0.05, 0.1) is 7.11 Å². The highest BCUT2D eigenvalue weighted by molar-refractivity contribution is 5.71. The lowest BCUT2D eigenvalue weighted by Crippen LogP contribution is -2.06. The molecule has 4 heteroatoms. The minimum absolute atomic E-state index is 0.217. The first-order valence-corrected chi connectivity index (χ1v) is 7.51. The SMILES string of the molecule is COC(=O)CCC(C=O)c1cccc(OCc2ccccc2)c1.